The lowest BCUT2D eigenvalue weighted by Gasteiger charge is -2.33. The molecule has 2 aromatic rings. The van der Waals surface area contributed by atoms with Gasteiger partial charge >= 0.3 is 0 Å². The Balaban J connectivity index is 1.80. The molecule has 0 fully saturated rings. The summed E-state index contributed by atoms with van der Waals surface area (Å²) in [5.41, 5.74) is 3.89. The van der Waals surface area contributed by atoms with Gasteiger partial charge in [-0.05, 0) is 60.7 Å². The standard InChI is InChI=1S/C17H17BrFN/c1-20-17(15-10-13(19)6-7-16(15)18)9-12-8-11-4-2-3-5-14(11)12/h2-7,10,12,17,20H,8-9H2,1H3. The Hall–Kier alpha value is -1.19. The van der Waals surface area contributed by atoms with Gasteiger partial charge in [-0.3, -0.25) is 0 Å². The van der Waals surface area contributed by atoms with E-state index in [1.807, 2.05) is 7.05 Å². The van der Waals surface area contributed by atoms with Gasteiger partial charge in [0.2, 0.25) is 0 Å². The zero-order chi connectivity index (χ0) is 14.1. The molecule has 1 N–H and O–H groups in total. The lowest BCUT2D eigenvalue weighted by Crippen LogP contribution is -2.25. The lowest BCUT2D eigenvalue weighted by molar-refractivity contribution is 0.449. The first kappa shape index (κ1) is 13.8. The quantitative estimate of drug-likeness (QED) is 0.863. The molecule has 104 valence electrons. The minimum absolute atomic E-state index is 0.165. The van der Waals surface area contributed by atoms with Gasteiger partial charge in [0.25, 0.3) is 0 Å². The summed E-state index contributed by atoms with van der Waals surface area (Å²) in [5, 5.41) is 3.32. The minimum Gasteiger partial charge on any atom is -0.313 e. The summed E-state index contributed by atoms with van der Waals surface area (Å²) in [6.45, 7) is 0. The van der Waals surface area contributed by atoms with Crippen molar-refractivity contribution >= 4 is 15.9 Å². The average Bonchev–Trinajstić information content (AvgIpc) is 2.43. The first-order valence-electron chi connectivity index (χ1n) is 6.89. The average molecular weight is 334 g/mol. The molecule has 0 bridgehead atoms. The Labute approximate surface area is 127 Å². The fourth-order valence-corrected chi connectivity index (χ4v) is 3.56. The topological polar surface area (TPSA) is 12.0 Å². The fourth-order valence-electron chi connectivity index (χ4n) is 3.04. The largest absolute Gasteiger partial charge is 0.313 e. The van der Waals surface area contributed by atoms with Crippen molar-refractivity contribution in [1.82, 2.24) is 5.32 Å². The molecule has 0 saturated heterocycles. The molecule has 20 heavy (non-hydrogen) atoms. The second-order valence-electron chi connectivity index (χ2n) is 5.34. The Morgan fingerprint density at radius 3 is 2.85 bits per heavy atom. The maximum atomic E-state index is 13.5. The van der Waals surface area contributed by atoms with Crippen LogP contribution in [0.5, 0.6) is 0 Å². The van der Waals surface area contributed by atoms with E-state index in [2.05, 4.69) is 45.5 Å². The molecular formula is C17H17BrFN. The second kappa shape index (κ2) is 5.66. The van der Waals surface area contributed by atoms with Crippen LogP contribution in [-0.4, -0.2) is 7.05 Å². The molecule has 0 heterocycles. The van der Waals surface area contributed by atoms with E-state index in [-0.39, 0.29) is 11.9 Å². The summed E-state index contributed by atoms with van der Waals surface area (Å²) >= 11 is 3.53. The molecule has 0 aromatic heterocycles. The number of rotatable bonds is 4. The third-order valence-corrected chi connectivity index (χ3v) is 4.89. The van der Waals surface area contributed by atoms with Crippen LogP contribution in [0.2, 0.25) is 0 Å². The van der Waals surface area contributed by atoms with Crippen LogP contribution in [0.4, 0.5) is 4.39 Å². The van der Waals surface area contributed by atoms with Gasteiger partial charge in [-0.25, -0.2) is 4.39 Å². The minimum atomic E-state index is -0.183. The van der Waals surface area contributed by atoms with Crippen LogP contribution >= 0.6 is 15.9 Å². The maximum Gasteiger partial charge on any atom is 0.123 e. The van der Waals surface area contributed by atoms with Crippen molar-refractivity contribution in [2.75, 3.05) is 7.05 Å². The van der Waals surface area contributed by atoms with Gasteiger partial charge < -0.3 is 5.32 Å². The van der Waals surface area contributed by atoms with Gasteiger partial charge in [-0.1, -0.05) is 40.2 Å². The molecule has 0 amide bonds. The van der Waals surface area contributed by atoms with Crippen molar-refractivity contribution < 1.29 is 4.39 Å². The van der Waals surface area contributed by atoms with E-state index in [1.165, 1.54) is 17.2 Å². The SMILES string of the molecule is CNC(CC1Cc2ccccc21)c1cc(F)ccc1Br. The predicted octanol–water partition coefficient (Wildman–Crippen LogP) is 4.58. The van der Waals surface area contributed by atoms with Crippen molar-refractivity contribution in [3.05, 3.63) is 69.4 Å². The lowest BCUT2D eigenvalue weighted by atomic mass is 9.74. The molecule has 0 aliphatic heterocycles. The number of benzene rings is 2. The summed E-state index contributed by atoms with van der Waals surface area (Å²) in [4.78, 5) is 0. The molecule has 2 atom stereocenters. The highest BCUT2D eigenvalue weighted by Gasteiger charge is 2.28. The molecule has 0 radical (unpaired) electrons. The summed E-state index contributed by atoms with van der Waals surface area (Å²) in [7, 11) is 1.94. The number of hydrogen-bond donors (Lipinski definition) is 1. The van der Waals surface area contributed by atoms with Crippen LogP contribution in [0.15, 0.2) is 46.9 Å². The van der Waals surface area contributed by atoms with Gasteiger partial charge in [0.05, 0.1) is 0 Å². The zero-order valence-corrected chi connectivity index (χ0v) is 13.0. The van der Waals surface area contributed by atoms with Gasteiger partial charge in [-0.15, -0.1) is 0 Å². The van der Waals surface area contributed by atoms with Crippen LogP contribution in [0.25, 0.3) is 0 Å². The molecule has 0 spiro atoms. The van der Waals surface area contributed by atoms with Crippen molar-refractivity contribution in [1.29, 1.82) is 0 Å². The molecule has 1 aliphatic carbocycles. The predicted molar refractivity (Wildman–Crippen MR) is 83.4 cm³/mol. The van der Waals surface area contributed by atoms with Crippen molar-refractivity contribution in [2.45, 2.75) is 24.8 Å². The molecule has 1 nitrogen and oxygen atoms in total. The van der Waals surface area contributed by atoms with Crippen LogP contribution in [0.1, 0.15) is 35.1 Å². The summed E-state index contributed by atoms with van der Waals surface area (Å²) in [6, 6.07) is 13.6. The Morgan fingerprint density at radius 1 is 1.30 bits per heavy atom. The van der Waals surface area contributed by atoms with Crippen LogP contribution in [0, 0.1) is 5.82 Å². The van der Waals surface area contributed by atoms with E-state index >= 15 is 0 Å². The molecular weight excluding hydrogens is 317 g/mol. The highest BCUT2D eigenvalue weighted by molar-refractivity contribution is 9.10. The highest BCUT2D eigenvalue weighted by Crippen LogP contribution is 2.41. The van der Waals surface area contributed by atoms with Crippen LogP contribution < -0.4 is 5.32 Å². The first-order chi connectivity index (χ1) is 9.69. The van der Waals surface area contributed by atoms with Gasteiger partial charge in [0.15, 0.2) is 0 Å². The molecule has 0 saturated carbocycles. The highest BCUT2D eigenvalue weighted by atomic mass is 79.9. The van der Waals surface area contributed by atoms with Crippen LogP contribution in [0.3, 0.4) is 0 Å². The van der Waals surface area contributed by atoms with Gasteiger partial charge in [-0.2, -0.15) is 0 Å². The fraction of sp³-hybridized carbons (Fsp3) is 0.294. The number of nitrogens with one attached hydrogen (secondary N) is 1. The molecule has 3 heteroatoms. The Morgan fingerprint density at radius 2 is 2.10 bits per heavy atom. The van der Waals surface area contributed by atoms with Crippen molar-refractivity contribution in [2.24, 2.45) is 0 Å². The van der Waals surface area contributed by atoms with E-state index in [9.17, 15) is 4.39 Å². The third-order valence-electron chi connectivity index (χ3n) is 4.16. The Kier molecular flexibility index (Phi) is 3.90. The molecule has 1 aliphatic rings. The van der Waals surface area contributed by atoms with Crippen LogP contribution in [-0.2, 0) is 6.42 Å². The molecule has 2 aromatic carbocycles. The van der Waals surface area contributed by atoms with E-state index in [0.29, 0.717) is 5.92 Å². The summed E-state index contributed by atoms with van der Waals surface area (Å²) in [5.74, 6) is 0.385. The molecule has 3 rings (SSSR count). The number of hydrogen-bond acceptors (Lipinski definition) is 1. The summed E-state index contributed by atoms with van der Waals surface area (Å²) in [6.07, 6.45) is 2.12. The van der Waals surface area contributed by atoms with E-state index in [1.54, 1.807) is 12.1 Å². The van der Waals surface area contributed by atoms with Gasteiger partial charge in [0, 0.05) is 10.5 Å². The van der Waals surface area contributed by atoms with Crippen molar-refractivity contribution in [3.8, 4) is 0 Å². The summed E-state index contributed by atoms with van der Waals surface area (Å²) < 4.78 is 14.4. The number of halogens is 2. The monoisotopic (exact) mass is 333 g/mol. The maximum absolute atomic E-state index is 13.5. The third kappa shape index (κ3) is 2.52. The van der Waals surface area contributed by atoms with Crippen molar-refractivity contribution in [3.63, 3.8) is 0 Å². The number of fused-ring (bicyclic) bond motifs is 1. The van der Waals surface area contributed by atoms with Gasteiger partial charge in [0.1, 0.15) is 5.82 Å². The molecule has 2 unspecified atom stereocenters. The first-order valence-corrected chi connectivity index (χ1v) is 7.68. The normalized spacial score (nSPS) is 18.2. The zero-order valence-electron chi connectivity index (χ0n) is 11.4. The van der Waals surface area contributed by atoms with E-state index in [4.69, 9.17) is 0 Å². The Bertz CT molecular complexity index is 626. The smallest absolute Gasteiger partial charge is 0.123 e. The van der Waals surface area contributed by atoms with E-state index in [0.717, 1.165) is 22.9 Å². The second-order valence-corrected chi connectivity index (χ2v) is 6.20. The van der Waals surface area contributed by atoms with E-state index < -0.39 is 0 Å².